The standard InChI is InChI=1S/C14H21BrN2O2/c1-4-10(2)17(7-8-19-3)14(18)12-9-11(16)5-6-13(12)15/h5-6,9-10H,4,7-8,16H2,1-3H3. The zero-order valence-electron chi connectivity index (χ0n) is 11.6. The Hall–Kier alpha value is -1.07. The topological polar surface area (TPSA) is 55.6 Å². The summed E-state index contributed by atoms with van der Waals surface area (Å²) in [5.74, 6) is -0.0226. The Labute approximate surface area is 123 Å². The van der Waals surface area contributed by atoms with Crippen LogP contribution in [0.25, 0.3) is 0 Å². The molecule has 0 radical (unpaired) electrons. The summed E-state index contributed by atoms with van der Waals surface area (Å²) < 4.78 is 5.84. The number of nitrogen functional groups attached to an aromatic ring is 1. The molecular formula is C14H21BrN2O2. The summed E-state index contributed by atoms with van der Waals surface area (Å²) in [6.07, 6.45) is 0.898. The molecule has 1 aromatic carbocycles. The molecule has 0 bridgehead atoms. The molecule has 1 aromatic rings. The van der Waals surface area contributed by atoms with Gasteiger partial charge in [0.15, 0.2) is 0 Å². The average Bonchev–Trinajstić information content (AvgIpc) is 2.41. The van der Waals surface area contributed by atoms with E-state index in [-0.39, 0.29) is 11.9 Å². The molecule has 106 valence electrons. The maximum Gasteiger partial charge on any atom is 0.255 e. The Morgan fingerprint density at radius 3 is 2.79 bits per heavy atom. The van der Waals surface area contributed by atoms with Crippen molar-refractivity contribution < 1.29 is 9.53 Å². The Kier molecular flexibility index (Phi) is 6.31. The van der Waals surface area contributed by atoms with Crippen molar-refractivity contribution in [3.63, 3.8) is 0 Å². The lowest BCUT2D eigenvalue weighted by Crippen LogP contribution is -2.40. The molecule has 0 fully saturated rings. The smallest absolute Gasteiger partial charge is 0.255 e. The van der Waals surface area contributed by atoms with Crippen LogP contribution in [0.2, 0.25) is 0 Å². The lowest BCUT2D eigenvalue weighted by Gasteiger charge is -2.29. The van der Waals surface area contributed by atoms with E-state index in [4.69, 9.17) is 10.5 Å². The SMILES string of the molecule is CCC(C)N(CCOC)C(=O)c1cc(N)ccc1Br. The third-order valence-corrected chi connectivity index (χ3v) is 3.83. The monoisotopic (exact) mass is 328 g/mol. The van der Waals surface area contributed by atoms with E-state index in [1.54, 1.807) is 25.3 Å². The largest absolute Gasteiger partial charge is 0.399 e. The minimum absolute atomic E-state index is 0.0226. The van der Waals surface area contributed by atoms with Gasteiger partial charge >= 0.3 is 0 Å². The first-order valence-electron chi connectivity index (χ1n) is 6.36. The number of halogens is 1. The highest BCUT2D eigenvalue weighted by Crippen LogP contribution is 2.22. The zero-order chi connectivity index (χ0) is 14.4. The predicted molar refractivity (Wildman–Crippen MR) is 81.2 cm³/mol. The van der Waals surface area contributed by atoms with Gasteiger partial charge in [-0.2, -0.15) is 0 Å². The minimum atomic E-state index is -0.0226. The first-order chi connectivity index (χ1) is 9.01. The summed E-state index contributed by atoms with van der Waals surface area (Å²) in [6.45, 7) is 5.20. The fourth-order valence-electron chi connectivity index (χ4n) is 1.79. The molecule has 0 spiro atoms. The van der Waals surface area contributed by atoms with Gasteiger partial charge in [0.25, 0.3) is 5.91 Å². The molecule has 5 heteroatoms. The molecule has 2 N–H and O–H groups in total. The van der Waals surface area contributed by atoms with E-state index in [9.17, 15) is 4.79 Å². The molecule has 1 rings (SSSR count). The fraction of sp³-hybridized carbons (Fsp3) is 0.500. The molecule has 4 nitrogen and oxygen atoms in total. The molecule has 0 aliphatic heterocycles. The van der Waals surface area contributed by atoms with Gasteiger partial charge in [-0.25, -0.2) is 0 Å². The third-order valence-electron chi connectivity index (χ3n) is 3.14. The molecule has 0 heterocycles. The van der Waals surface area contributed by atoms with Gasteiger partial charge < -0.3 is 15.4 Å². The first kappa shape index (κ1) is 16.0. The lowest BCUT2D eigenvalue weighted by molar-refractivity contribution is 0.0613. The van der Waals surface area contributed by atoms with Gasteiger partial charge in [0.1, 0.15) is 0 Å². The van der Waals surface area contributed by atoms with Crippen molar-refractivity contribution in [3.8, 4) is 0 Å². The van der Waals surface area contributed by atoms with Crippen molar-refractivity contribution in [2.45, 2.75) is 26.3 Å². The average molecular weight is 329 g/mol. The van der Waals surface area contributed by atoms with Gasteiger partial charge in [-0.3, -0.25) is 4.79 Å². The Morgan fingerprint density at radius 2 is 2.21 bits per heavy atom. The van der Waals surface area contributed by atoms with Crippen LogP contribution >= 0.6 is 15.9 Å². The van der Waals surface area contributed by atoms with Crippen LogP contribution < -0.4 is 5.73 Å². The van der Waals surface area contributed by atoms with Gasteiger partial charge in [0, 0.05) is 29.9 Å². The van der Waals surface area contributed by atoms with Crippen molar-refractivity contribution in [2.24, 2.45) is 0 Å². The second-order valence-corrected chi connectivity index (χ2v) is 5.34. The molecule has 1 atom stereocenters. The van der Waals surface area contributed by atoms with E-state index in [0.717, 1.165) is 10.9 Å². The molecule has 1 unspecified atom stereocenters. The maximum absolute atomic E-state index is 12.6. The van der Waals surface area contributed by atoms with Crippen molar-refractivity contribution in [1.82, 2.24) is 4.90 Å². The molecule has 0 aromatic heterocycles. The molecular weight excluding hydrogens is 308 g/mol. The number of carbonyl (C=O) groups is 1. The van der Waals surface area contributed by atoms with E-state index in [1.165, 1.54) is 0 Å². The maximum atomic E-state index is 12.6. The Balaban J connectivity index is 3.00. The highest BCUT2D eigenvalue weighted by molar-refractivity contribution is 9.10. The number of hydrogen-bond donors (Lipinski definition) is 1. The van der Waals surface area contributed by atoms with Gasteiger partial charge in [0.05, 0.1) is 12.2 Å². The third kappa shape index (κ3) is 4.21. The van der Waals surface area contributed by atoms with Gasteiger partial charge in [-0.1, -0.05) is 6.92 Å². The number of anilines is 1. The second kappa shape index (κ2) is 7.50. The van der Waals surface area contributed by atoms with E-state index >= 15 is 0 Å². The Morgan fingerprint density at radius 1 is 1.53 bits per heavy atom. The van der Waals surface area contributed by atoms with Crippen LogP contribution in [0.1, 0.15) is 30.6 Å². The van der Waals surface area contributed by atoms with Gasteiger partial charge in [0.2, 0.25) is 0 Å². The molecule has 1 amide bonds. The van der Waals surface area contributed by atoms with Crippen molar-refractivity contribution >= 4 is 27.5 Å². The number of methoxy groups -OCH3 is 1. The van der Waals surface area contributed by atoms with Crippen LogP contribution in [0.15, 0.2) is 22.7 Å². The van der Waals surface area contributed by atoms with Crippen LogP contribution in [0.5, 0.6) is 0 Å². The molecule has 0 aliphatic rings. The van der Waals surface area contributed by atoms with Crippen molar-refractivity contribution in [1.29, 1.82) is 0 Å². The summed E-state index contributed by atoms with van der Waals surface area (Å²) in [5, 5.41) is 0. The lowest BCUT2D eigenvalue weighted by atomic mass is 10.1. The zero-order valence-corrected chi connectivity index (χ0v) is 13.2. The second-order valence-electron chi connectivity index (χ2n) is 4.49. The van der Waals surface area contributed by atoms with Gasteiger partial charge in [-0.15, -0.1) is 0 Å². The summed E-state index contributed by atoms with van der Waals surface area (Å²) in [4.78, 5) is 14.4. The minimum Gasteiger partial charge on any atom is -0.399 e. The quantitative estimate of drug-likeness (QED) is 0.817. The molecule has 0 aliphatic carbocycles. The highest BCUT2D eigenvalue weighted by Gasteiger charge is 2.22. The number of nitrogens with two attached hydrogens (primary N) is 1. The number of rotatable bonds is 6. The van der Waals surface area contributed by atoms with Crippen molar-refractivity contribution in [3.05, 3.63) is 28.2 Å². The molecule has 19 heavy (non-hydrogen) atoms. The summed E-state index contributed by atoms with van der Waals surface area (Å²) in [5.41, 5.74) is 6.94. The van der Waals surface area contributed by atoms with Crippen LogP contribution in [0.4, 0.5) is 5.69 Å². The fourth-order valence-corrected chi connectivity index (χ4v) is 2.21. The molecule has 0 saturated heterocycles. The number of amides is 1. The Bertz CT molecular complexity index is 437. The van der Waals surface area contributed by atoms with Crippen LogP contribution in [-0.4, -0.2) is 37.1 Å². The van der Waals surface area contributed by atoms with Crippen LogP contribution in [-0.2, 0) is 4.74 Å². The number of nitrogens with zero attached hydrogens (tertiary/aromatic N) is 1. The number of benzene rings is 1. The summed E-state index contributed by atoms with van der Waals surface area (Å²) >= 11 is 3.40. The first-order valence-corrected chi connectivity index (χ1v) is 7.15. The van der Waals surface area contributed by atoms with E-state index in [2.05, 4.69) is 22.9 Å². The normalized spacial score (nSPS) is 12.2. The predicted octanol–water partition coefficient (Wildman–Crippen LogP) is 2.92. The van der Waals surface area contributed by atoms with Crippen LogP contribution in [0.3, 0.4) is 0 Å². The summed E-state index contributed by atoms with van der Waals surface area (Å²) in [6, 6.07) is 5.43. The van der Waals surface area contributed by atoms with Gasteiger partial charge in [-0.05, 0) is 47.5 Å². The van der Waals surface area contributed by atoms with E-state index in [0.29, 0.717) is 24.4 Å². The number of carbonyl (C=O) groups excluding carboxylic acids is 1. The van der Waals surface area contributed by atoms with E-state index < -0.39 is 0 Å². The number of hydrogen-bond acceptors (Lipinski definition) is 3. The van der Waals surface area contributed by atoms with E-state index in [1.807, 2.05) is 11.8 Å². The highest BCUT2D eigenvalue weighted by atomic mass is 79.9. The number of ether oxygens (including phenoxy) is 1. The van der Waals surface area contributed by atoms with Crippen LogP contribution in [0, 0.1) is 0 Å². The molecule has 0 saturated carbocycles. The summed E-state index contributed by atoms with van der Waals surface area (Å²) in [7, 11) is 1.63. The van der Waals surface area contributed by atoms with Crippen molar-refractivity contribution in [2.75, 3.05) is 26.0 Å².